The van der Waals surface area contributed by atoms with Crippen molar-refractivity contribution in [3.8, 4) is 11.5 Å². The Labute approximate surface area is 183 Å². The molecule has 1 aromatic carbocycles. The van der Waals surface area contributed by atoms with E-state index in [1.54, 1.807) is 6.07 Å². The van der Waals surface area contributed by atoms with Gasteiger partial charge in [0.2, 0.25) is 0 Å². The number of aryl methyl sites for hydroxylation is 2. The molecule has 0 saturated heterocycles. The number of allylic oxidation sites excluding steroid dienone is 4. The molecule has 1 unspecified atom stereocenters. The molecule has 2 N–H and O–H groups in total. The molecule has 0 radical (unpaired) electrons. The monoisotopic (exact) mass is 412 g/mol. The largest absolute Gasteiger partial charge is 0.508 e. The lowest BCUT2D eigenvalue weighted by Gasteiger charge is -2.36. The molecule has 2 atom stereocenters. The van der Waals surface area contributed by atoms with Crippen molar-refractivity contribution in [1.29, 1.82) is 0 Å². The fraction of sp³-hybridized carbons (Fsp3) is 0.556. The number of phenols is 1. The van der Waals surface area contributed by atoms with E-state index in [9.17, 15) is 10.2 Å². The smallest absolute Gasteiger partial charge is 0.126 e. The number of aliphatic hydroxyl groups is 1. The first-order valence-corrected chi connectivity index (χ1v) is 11.2. The predicted molar refractivity (Wildman–Crippen MR) is 126 cm³/mol. The highest BCUT2D eigenvalue weighted by Crippen LogP contribution is 2.39. The normalized spacial score (nSPS) is 20.4. The van der Waals surface area contributed by atoms with Gasteiger partial charge in [-0.1, -0.05) is 34.9 Å². The Morgan fingerprint density at radius 3 is 2.57 bits per heavy atom. The molecular formula is C27H40O3. The van der Waals surface area contributed by atoms with Gasteiger partial charge in [-0.2, -0.15) is 0 Å². The summed E-state index contributed by atoms with van der Waals surface area (Å²) in [6, 6.07) is 3.61. The molecule has 3 heteroatoms. The Kier molecular flexibility index (Phi) is 8.78. The quantitative estimate of drug-likeness (QED) is 0.438. The zero-order valence-corrected chi connectivity index (χ0v) is 19.7. The van der Waals surface area contributed by atoms with Gasteiger partial charge in [0.25, 0.3) is 0 Å². The van der Waals surface area contributed by atoms with Gasteiger partial charge >= 0.3 is 0 Å². The third-order valence-corrected chi connectivity index (χ3v) is 6.09. The molecule has 2 rings (SSSR count). The van der Waals surface area contributed by atoms with Crippen LogP contribution in [0.15, 0.2) is 47.1 Å². The number of hydrogen-bond acceptors (Lipinski definition) is 3. The first-order chi connectivity index (χ1) is 14.1. The van der Waals surface area contributed by atoms with E-state index in [0.717, 1.165) is 55.4 Å². The van der Waals surface area contributed by atoms with Crippen LogP contribution in [-0.4, -0.2) is 22.4 Å². The van der Waals surface area contributed by atoms with Crippen LogP contribution in [0.5, 0.6) is 11.5 Å². The van der Waals surface area contributed by atoms with E-state index >= 15 is 0 Å². The maximum Gasteiger partial charge on any atom is 0.126 e. The number of phenolic OH excluding ortho intramolecular Hbond substituents is 1. The van der Waals surface area contributed by atoms with E-state index in [0.29, 0.717) is 5.75 Å². The van der Waals surface area contributed by atoms with Crippen molar-refractivity contribution in [3.05, 3.63) is 58.2 Å². The molecule has 0 spiro atoms. The molecular weight excluding hydrogens is 372 g/mol. The van der Waals surface area contributed by atoms with E-state index in [2.05, 4.69) is 52.8 Å². The lowest BCUT2D eigenvalue weighted by Crippen LogP contribution is -2.36. The van der Waals surface area contributed by atoms with Crippen LogP contribution >= 0.6 is 0 Å². The van der Waals surface area contributed by atoms with Gasteiger partial charge in [0.15, 0.2) is 0 Å². The summed E-state index contributed by atoms with van der Waals surface area (Å²) in [5.41, 5.74) is 5.87. The van der Waals surface area contributed by atoms with E-state index in [4.69, 9.17) is 4.74 Å². The van der Waals surface area contributed by atoms with Crippen LogP contribution in [0.25, 0.3) is 0 Å². The Hall–Kier alpha value is -2.00. The van der Waals surface area contributed by atoms with Gasteiger partial charge in [-0.3, -0.25) is 0 Å². The Morgan fingerprint density at radius 1 is 1.17 bits per heavy atom. The number of ether oxygens (including phenoxy) is 1. The molecule has 1 aliphatic rings. The maximum absolute atomic E-state index is 9.81. The van der Waals surface area contributed by atoms with Gasteiger partial charge in [-0.15, -0.1) is 0 Å². The first-order valence-electron chi connectivity index (χ1n) is 11.2. The zero-order valence-electron chi connectivity index (χ0n) is 19.7. The summed E-state index contributed by atoms with van der Waals surface area (Å²) in [5, 5.41) is 19.4. The van der Waals surface area contributed by atoms with Crippen LogP contribution in [0, 0.1) is 12.8 Å². The Morgan fingerprint density at radius 2 is 1.90 bits per heavy atom. The van der Waals surface area contributed by atoms with Crippen molar-refractivity contribution in [2.45, 2.75) is 85.7 Å². The minimum absolute atomic E-state index is 0.135. The summed E-state index contributed by atoms with van der Waals surface area (Å²) >= 11 is 0. The molecule has 3 nitrogen and oxygen atoms in total. The molecule has 1 aliphatic heterocycles. The molecule has 166 valence electrons. The number of rotatable bonds is 9. The molecule has 0 aromatic heterocycles. The number of hydrogen-bond donors (Lipinski definition) is 2. The summed E-state index contributed by atoms with van der Waals surface area (Å²) in [5.74, 6) is 1.42. The number of aromatic hydroxyl groups is 1. The number of benzene rings is 1. The second-order valence-electron chi connectivity index (χ2n) is 9.41. The number of fused-ring (bicyclic) bond motifs is 1. The summed E-state index contributed by atoms with van der Waals surface area (Å²) in [4.78, 5) is 0. The van der Waals surface area contributed by atoms with E-state index in [1.807, 2.05) is 13.0 Å². The third-order valence-electron chi connectivity index (χ3n) is 6.09. The molecule has 0 amide bonds. The molecule has 0 fully saturated rings. The Balaban J connectivity index is 1.86. The summed E-state index contributed by atoms with van der Waals surface area (Å²) in [7, 11) is 0. The molecule has 0 saturated carbocycles. The van der Waals surface area contributed by atoms with Crippen LogP contribution in [0.1, 0.15) is 77.8 Å². The average molecular weight is 413 g/mol. The minimum atomic E-state index is -0.152. The maximum atomic E-state index is 9.81. The van der Waals surface area contributed by atoms with Crippen molar-refractivity contribution in [1.82, 2.24) is 0 Å². The van der Waals surface area contributed by atoms with Crippen molar-refractivity contribution < 1.29 is 14.9 Å². The molecule has 30 heavy (non-hydrogen) atoms. The third kappa shape index (κ3) is 7.05. The number of aliphatic hydroxyl groups excluding tert-OH is 1. The van der Waals surface area contributed by atoms with Gasteiger partial charge in [0.05, 0.1) is 6.61 Å². The van der Waals surface area contributed by atoms with Gasteiger partial charge < -0.3 is 14.9 Å². The summed E-state index contributed by atoms with van der Waals surface area (Å²) < 4.78 is 6.39. The predicted octanol–water partition coefficient (Wildman–Crippen LogP) is 6.81. The van der Waals surface area contributed by atoms with Gasteiger partial charge in [0.1, 0.15) is 17.1 Å². The van der Waals surface area contributed by atoms with Crippen LogP contribution in [0.2, 0.25) is 0 Å². The van der Waals surface area contributed by atoms with Crippen LogP contribution in [-0.2, 0) is 6.42 Å². The second-order valence-corrected chi connectivity index (χ2v) is 9.41. The highest BCUT2D eigenvalue weighted by Gasteiger charge is 2.31. The van der Waals surface area contributed by atoms with Crippen molar-refractivity contribution >= 4 is 0 Å². The van der Waals surface area contributed by atoms with Crippen LogP contribution in [0.3, 0.4) is 0 Å². The molecule has 1 aromatic rings. The highest BCUT2D eigenvalue weighted by atomic mass is 16.5. The standard InChI is InChI=1S/C27H40O3/c1-19(2)15-24(18-28)21(4)11-7-9-20(3)10-8-13-27(6)14-12-23-17-25(29)16-22(5)26(23)30-27/h10-11,15-17,24,28-29H,7-9,12-14,18H2,1-6H3/b20-10+,21-11+/t24?,27-/m1/s1. The van der Waals surface area contributed by atoms with Gasteiger partial charge in [0, 0.05) is 5.92 Å². The molecule has 1 heterocycles. The lowest BCUT2D eigenvalue weighted by molar-refractivity contribution is 0.0561. The molecule has 0 aliphatic carbocycles. The first kappa shape index (κ1) is 24.3. The SMILES string of the molecule is CC(C)=CC(CO)/C(C)=C/CC/C(C)=C/CC[C@]1(C)CCc2cc(O)cc(C)c2O1. The average Bonchev–Trinajstić information content (AvgIpc) is 2.66. The van der Waals surface area contributed by atoms with Gasteiger partial charge in [-0.25, -0.2) is 0 Å². The van der Waals surface area contributed by atoms with E-state index in [1.165, 1.54) is 16.7 Å². The second kappa shape index (κ2) is 10.9. The van der Waals surface area contributed by atoms with E-state index in [-0.39, 0.29) is 18.1 Å². The van der Waals surface area contributed by atoms with Crippen molar-refractivity contribution in [2.75, 3.05) is 6.61 Å². The fourth-order valence-electron chi connectivity index (χ4n) is 4.17. The summed E-state index contributed by atoms with van der Waals surface area (Å²) in [6.07, 6.45) is 12.7. The Bertz CT molecular complexity index is 812. The van der Waals surface area contributed by atoms with Crippen LogP contribution < -0.4 is 4.74 Å². The topological polar surface area (TPSA) is 49.7 Å². The fourth-order valence-corrected chi connectivity index (χ4v) is 4.17. The lowest BCUT2D eigenvalue weighted by atomic mass is 9.87. The van der Waals surface area contributed by atoms with E-state index < -0.39 is 0 Å². The zero-order chi connectivity index (χ0) is 22.3. The molecule has 0 bridgehead atoms. The minimum Gasteiger partial charge on any atom is -0.508 e. The van der Waals surface area contributed by atoms with Crippen molar-refractivity contribution in [3.63, 3.8) is 0 Å². The summed E-state index contributed by atoms with van der Waals surface area (Å²) in [6.45, 7) is 12.8. The van der Waals surface area contributed by atoms with Crippen LogP contribution in [0.4, 0.5) is 0 Å². The van der Waals surface area contributed by atoms with Gasteiger partial charge in [-0.05, 0) is 103 Å². The van der Waals surface area contributed by atoms with Crippen molar-refractivity contribution in [2.24, 2.45) is 5.92 Å². The highest BCUT2D eigenvalue weighted by molar-refractivity contribution is 5.47.